The number of benzene rings is 2. The van der Waals surface area contributed by atoms with Gasteiger partial charge in [0.05, 0.1) is 0 Å². The predicted octanol–water partition coefficient (Wildman–Crippen LogP) is 4.11. The lowest BCUT2D eigenvalue weighted by atomic mass is 10.0. The fourth-order valence-corrected chi connectivity index (χ4v) is 3.51. The van der Waals surface area contributed by atoms with E-state index >= 15 is 0 Å². The molecule has 26 heavy (non-hydrogen) atoms. The van der Waals surface area contributed by atoms with Gasteiger partial charge in [0, 0.05) is 6.42 Å². The third-order valence-electron chi connectivity index (χ3n) is 4.21. The Balaban J connectivity index is 1.51. The molecule has 0 atom stereocenters. The van der Waals surface area contributed by atoms with Crippen molar-refractivity contribution in [2.75, 3.05) is 0 Å². The monoisotopic (exact) mass is 368 g/mol. The number of aromatic nitrogens is 4. The molecule has 0 aliphatic carbocycles. The number of hydrogen-bond donors (Lipinski definition) is 0. The summed E-state index contributed by atoms with van der Waals surface area (Å²) in [4.78, 5) is 0.738. The van der Waals surface area contributed by atoms with E-state index in [9.17, 15) is 4.39 Å². The molecule has 2 aromatic carbocycles. The van der Waals surface area contributed by atoms with Gasteiger partial charge in [0.1, 0.15) is 23.2 Å². The van der Waals surface area contributed by atoms with Crippen molar-refractivity contribution >= 4 is 16.3 Å². The molecule has 0 aliphatic heterocycles. The minimum Gasteiger partial charge on any atom is -0.486 e. The molecule has 0 radical (unpaired) electrons. The third kappa shape index (κ3) is 3.43. The molecule has 0 saturated heterocycles. The molecule has 132 valence electrons. The Morgan fingerprint density at radius 2 is 1.85 bits per heavy atom. The van der Waals surface area contributed by atoms with Crippen molar-refractivity contribution in [3.63, 3.8) is 0 Å². The summed E-state index contributed by atoms with van der Waals surface area (Å²) in [6.07, 6.45) is 0.757. The molecule has 0 unspecified atom stereocenters. The summed E-state index contributed by atoms with van der Waals surface area (Å²) in [5.74, 6) is 0.901. The van der Waals surface area contributed by atoms with Crippen LogP contribution in [0.4, 0.5) is 4.39 Å². The number of hydrogen-bond acceptors (Lipinski definition) is 5. The minimum atomic E-state index is -0.294. The standard InChI is InChI=1S/C19H17FN4OS/c1-12-3-4-14(9-13(12)2)10-18-23-24-17(21-22-19(24)26-18)11-25-16-7-5-15(20)6-8-16/h3-9H,10-11H2,1-2H3. The Hall–Kier alpha value is -2.80. The molecule has 0 N–H and O–H groups in total. The SMILES string of the molecule is Cc1ccc(Cc2nn3c(COc4ccc(F)cc4)nnc3s2)cc1C. The van der Waals surface area contributed by atoms with E-state index < -0.39 is 0 Å². The summed E-state index contributed by atoms with van der Waals surface area (Å²) in [6.45, 7) is 4.44. The number of rotatable bonds is 5. The molecule has 2 aromatic heterocycles. The second kappa shape index (κ2) is 6.84. The van der Waals surface area contributed by atoms with Crippen LogP contribution in [-0.4, -0.2) is 19.8 Å². The predicted molar refractivity (Wildman–Crippen MR) is 98.1 cm³/mol. The lowest BCUT2D eigenvalue weighted by Gasteiger charge is -2.04. The Kier molecular flexibility index (Phi) is 4.38. The molecular weight excluding hydrogens is 351 g/mol. The van der Waals surface area contributed by atoms with Gasteiger partial charge in [-0.15, -0.1) is 10.2 Å². The van der Waals surface area contributed by atoms with Gasteiger partial charge in [-0.2, -0.15) is 9.61 Å². The van der Waals surface area contributed by atoms with Crippen molar-refractivity contribution in [3.8, 4) is 5.75 Å². The zero-order chi connectivity index (χ0) is 18.1. The second-order valence-corrected chi connectivity index (χ2v) is 7.18. The van der Waals surface area contributed by atoms with Crippen molar-refractivity contribution in [3.05, 3.63) is 75.8 Å². The van der Waals surface area contributed by atoms with Gasteiger partial charge in [-0.1, -0.05) is 29.5 Å². The van der Waals surface area contributed by atoms with Gasteiger partial charge in [0.25, 0.3) is 0 Å². The smallest absolute Gasteiger partial charge is 0.234 e. The number of nitrogens with zero attached hydrogens (tertiary/aromatic N) is 4. The first-order chi connectivity index (χ1) is 12.6. The Morgan fingerprint density at radius 3 is 2.62 bits per heavy atom. The van der Waals surface area contributed by atoms with E-state index in [4.69, 9.17) is 4.74 Å². The van der Waals surface area contributed by atoms with Crippen LogP contribution in [0.5, 0.6) is 5.75 Å². The number of aryl methyl sites for hydroxylation is 2. The maximum absolute atomic E-state index is 12.9. The van der Waals surface area contributed by atoms with Crippen molar-refractivity contribution < 1.29 is 9.13 Å². The zero-order valence-electron chi connectivity index (χ0n) is 14.4. The van der Waals surface area contributed by atoms with Gasteiger partial charge in [-0.05, 0) is 54.8 Å². The average molecular weight is 368 g/mol. The van der Waals surface area contributed by atoms with Gasteiger partial charge in [-0.25, -0.2) is 4.39 Å². The fourth-order valence-electron chi connectivity index (χ4n) is 2.63. The van der Waals surface area contributed by atoms with Crippen LogP contribution < -0.4 is 4.74 Å². The first-order valence-electron chi connectivity index (χ1n) is 8.23. The fraction of sp³-hybridized carbons (Fsp3) is 0.211. The molecule has 7 heteroatoms. The Labute approximate surface area is 154 Å². The number of ether oxygens (including phenoxy) is 1. The zero-order valence-corrected chi connectivity index (χ0v) is 15.3. The maximum atomic E-state index is 12.9. The van der Waals surface area contributed by atoms with E-state index in [-0.39, 0.29) is 12.4 Å². The minimum absolute atomic E-state index is 0.222. The van der Waals surface area contributed by atoms with E-state index in [0.29, 0.717) is 11.6 Å². The van der Waals surface area contributed by atoms with Gasteiger partial charge < -0.3 is 4.74 Å². The van der Waals surface area contributed by atoms with Crippen LogP contribution in [0.2, 0.25) is 0 Å². The van der Waals surface area contributed by atoms with E-state index in [1.165, 1.54) is 40.2 Å². The molecule has 0 amide bonds. The highest BCUT2D eigenvalue weighted by Crippen LogP contribution is 2.20. The van der Waals surface area contributed by atoms with Gasteiger partial charge >= 0.3 is 0 Å². The maximum Gasteiger partial charge on any atom is 0.234 e. The molecule has 2 heterocycles. The summed E-state index contributed by atoms with van der Waals surface area (Å²) in [5.41, 5.74) is 3.79. The van der Waals surface area contributed by atoms with E-state index in [1.54, 1.807) is 16.6 Å². The highest BCUT2D eigenvalue weighted by atomic mass is 32.1. The lowest BCUT2D eigenvalue weighted by molar-refractivity contribution is 0.292. The molecular formula is C19H17FN4OS. The topological polar surface area (TPSA) is 52.3 Å². The molecule has 4 rings (SSSR count). The van der Waals surface area contributed by atoms with Crippen LogP contribution in [0.25, 0.3) is 4.96 Å². The molecule has 0 saturated carbocycles. The normalized spacial score (nSPS) is 11.2. The lowest BCUT2D eigenvalue weighted by Crippen LogP contribution is -2.03. The van der Waals surface area contributed by atoms with Crippen molar-refractivity contribution in [1.82, 2.24) is 19.8 Å². The summed E-state index contributed by atoms with van der Waals surface area (Å²) in [6, 6.07) is 12.3. The van der Waals surface area contributed by atoms with Gasteiger partial charge in [0.2, 0.25) is 4.96 Å². The van der Waals surface area contributed by atoms with Crippen LogP contribution in [0, 0.1) is 19.7 Å². The molecule has 4 aromatic rings. The van der Waals surface area contributed by atoms with Crippen LogP contribution in [0.15, 0.2) is 42.5 Å². The largest absolute Gasteiger partial charge is 0.486 e. The molecule has 0 spiro atoms. The van der Waals surface area contributed by atoms with Gasteiger partial charge in [-0.3, -0.25) is 0 Å². The van der Waals surface area contributed by atoms with E-state index in [1.807, 2.05) is 0 Å². The molecule has 5 nitrogen and oxygen atoms in total. The van der Waals surface area contributed by atoms with Gasteiger partial charge in [0.15, 0.2) is 5.82 Å². The van der Waals surface area contributed by atoms with Crippen LogP contribution in [0.1, 0.15) is 27.5 Å². The Morgan fingerprint density at radius 1 is 1.04 bits per heavy atom. The summed E-state index contributed by atoms with van der Waals surface area (Å²) in [5, 5.41) is 13.9. The number of fused-ring (bicyclic) bond motifs is 1. The number of halogens is 1. The average Bonchev–Trinajstić information content (AvgIpc) is 3.18. The second-order valence-electron chi connectivity index (χ2n) is 6.14. The first kappa shape index (κ1) is 16.7. The third-order valence-corrected chi connectivity index (χ3v) is 5.10. The first-order valence-corrected chi connectivity index (χ1v) is 9.04. The van der Waals surface area contributed by atoms with Crippen molar-refractivity contribution in [2.45, 2.75) is 26.9 Å². The van der Waals surface area contributed by atoms with Crippen molar-refractivity contribution in [1.29, 1.82) is 0 Å². The summed E-state index contributed by atoms with van der Waals surface area (Å²) >= 11 is 1.52. The molecule has 0 bridgehead atoms. The molecule has 0 aliphatic rings. The van der Waals surface area contributed by atoms with Crippen LogP contribution in [0.3, 0.4) is 0 Å². The highest BCUT2D eigenvalue weighted by molar-refractivity contribution is 7.16. The Bertz CT molecular complexity index is 1060. The van der Waals surface area contributed by atoms with E-state index in [0.717, 1.165) is 16.4 Å². The highest BCUT2D eigenvalue weighted by Gasteiger charge is 2.13. The van der Waals surface area contributed by atoms with Crippen molar-refractivity contribution in [2.24, 2.45) is 0 Å². The van der Waals surface area contributed by atoms with Crippen LogP contribution >= 0.6 is 11.3 Å². The summed E-state index contributed by atoms with van der Waals surface area (Å²) in [7, 11) is 0. The van der Waals surface area contributed by atoms with E-state index in [2.05, 4.69) is 47.3 Å². The molecule has 0 fully saturated rings. The summed E-state index contributed by atoms with van der Waals surface area (Å²) < 4.78 is 20.3. The van der Waals surface area contributed by atoms with Crippen LogP contribution in [-0.2, 0) is 13.0 Å². The quantitative estimate of drug-likeness (QED) is 0.532.